The standard InChI is InChI=1S/C6H10O3/c1-5(6(8)9)3-2-4-7/h2-3,5,7H,4H2,1H3,(H,8,9)/b3-2+. The molecule has 0 aliphatic heterocycles. The van der Waals surface area contributed by atoms with E-state index in [-0.39, 0.29) is 6.61 Å². The second-order valence-electron chi connectivity index (χ2n) is 1.74. The molecule has 52 valence electrons. The third kappa shape index (κ3) is 3.73. The van der Waals surface area contributed by atoms with Crippen molar-refractivity contribution in [2.75, 3.05) is 6.61 Å². The van der Waals surface area contributed by atoms with E-state index in [9.17, 15) is 4.79 Å². The molecule has 0 radical (unpaired) electrons. The van der Waals surface area contributed by atoms with Gasteiger partial charge in [-0.15, -0.1) is 0 Å². The van der Waals surface area contributed by atoms with Gasteiger partial charge in [0, 0.05) is 0 Å². The molecule has 0 aliphatic carbocycles. The van der Waals surface area contributed by atoms with E-state index in [1.807, 2.05) is 0 Å². The number of carboxylic acid groups (broad SMARTS) is 1. The summed E-state index contributed by atoms with van der Waals surface area (Å²) in [5.74, 6) is -1.38. The molecular formula is C6H10O3. The topological polar surface area (TPSA) is 57.5 Å². The summed E-state index contributed by atoms with van der Waals surface area (Å²) < 4.78 is 0. The fraction of sp³-hybridized carbons (Fsp3) is 0.500. The number of rotatable bonds is 3. The third-order valence-corrected chi connectivity index (χ3v) is 0.920. The van der Waals surface area contributed by atoms with Gasteiger partial charge in [-0.25, -0.2) is 0 Å². The predicted molar refractivity (Wildman–Crippen MR) is 33.0 cm³/mol. The van der Waals surface area contributed by atoms with Crippen molar-refractivity contribution in [3.63, 3.8) is 0 Å². The summed E-state index contributed by atoms with van der Waals surface area (Å²) in [7, 11) is 0. The molecule has 3 nitrogen and oxygen atoms in total. The quantitative estimate of drug-likeness (QED) is 0.538. The van der Waals surface area contributed by atoms with Crippen LogP contribution in [0.2, 0.25) is 0 Å². The maximum Gasteiger partial charge on any atom is 0.310 e. The summed E-state index contributed by atoms with van der Waals surface area (Å²) in [4.78, 5) is 10.1. The Morgan fingerprint density at radius 3 is 2.67 bits per heavy atom. The Labute approximate surface area is 53.6 Å². The Balaban J connectivity index is 3.62. The highest BCUT2D eigenvalue weighted by Gasteiger charge is 2.03. The van der Waals surface area contributed by atoms with Crippen LogP contribution in [0.4, 0.5) is 0 Å². The van der Waals surface area contributed by atoms with Crippen LogP contribution in [0.5, 0.6) is 0 Å². The Hall–Kier alpha value is -0.830. The molecule has 1 unspecified atom stereocenters. The van der Waals surface area contributed by atoms with Crippen LogP contribution >= 0.6 is 0 Å². The molecule has 0 rings (SSSR count). The summed E-state index contributed by atoms with van der Waals surface area (Å²) in [5, 5.41) is 16.5. The van der Waals surface area contributed by atoms with Gasteiger partial charge in [-0.1, -0.05) is 12.2 Å². The normalized spacial score (nSPS) is 14.0. The second kappa shape index (κ2) is 4.09. The van der Waals surface area contributed by atoms with Gasteiger partial charge >= 0.3 is 5.97 Å². The Morgan fingerprint density at radius 1 is 1.78 bits per heavy atom. The van der Waals surface area contributed by atoms with Gasteiger partial charge in [-0.3, -0.25) is 4.79 Å². The fourth-order valence-corrected chi connectivity index (χ4v) is 0.347. The minimum atomic E-state index is -0.875. The smallest absolute Gasteiger partial charge is 0.310 e. The summed E-state index contributed by atoms with van der Waals surface area (Å²) in [6.07, 6.45) is 2.86. The Bertz CT molecular complexity index is 117. The van der Waals surface area contributed by atoms with Crippen LogP contribution in [0.25, 0.3) is 0 Å². The van der Waals surface area contributed by atoms with Gasteiger partial charge in [0.25, 0.3) is 0 Å². The van der Waals surface area contributed by atoms with Gasteiger partial charge in [0.05, 0.1) is 12.5 Å². The van der Waals surface area contributed by atoms with E-state index >= 15 is 0 Å². The van der Waals surface area contributed by atoms with Crippen LogP contribution in [0.3, 0.4) is 0 Å². The molecule has 2 N–H and O–H groups in total. The Morgan fingerprint density at radius 2 is 2.33 bits per heavy atom. The van der Waals surface area contributed by atoms with Crippen LogP contribution in [0.15, 0.2) is 12.2 Å². The van der Waals surface area contributed by atoms with Crippen molar-refractivity contribution in [3.05, 3.63) is 12.2 Å². The number of carboxylic acids is 1. The first-order chi connectivity index (χ1) is 4.18. The molecule has 0 heterocycles. The highest BCUT2D eigenvalue weighted by Crippen LogP contribution is 1.94. The highest BCUT2D eigenvalue weighted by molar-refractivity contribution is 5.71. The van der Waals surface area contributed by atoms with E-state index in [1.165, 1.54) is 12.2 Å². The maximum absolute atomic E-state index is 10.1. The zero-order valence-electron chi connectivity index (χ0n) is 5.24. The average Bonchev–Trinajstić information content (AvgIpc) is 1.82. The van der Waals surface area contributed by atoms with Crippen molar-refractivity contribution < 1.29 is 15.0 Å². The number of aliphatic hydroxyl groups is 1. The van der Waals surface area contributed by atoms with Crippen molar-refractivity contribution in [3.8, 4) is 0 Å². The van der Waals surface area contributed by atoms with Gasteiger partial charge in [-0.2, -0.15) is 0 Å². The van der Waals surface area contributed by atoms with Gasteiger partial charge in [0.1, 0.15) is 0 Å². The lowest BCUT2D eigenvalue weighted by Gasteiger charge is -1.94. The van der Waals surface area contributed by atoms with E-state index in [0.29, 0.717) is 0 Å². The van der Waals surface area contributed by atoms with Gasteiger partial charge in [-0.05, 0) is 6.92 Å². The number of carbonyl (C=O) groups is 1. The molecule has 0 saturated carbocycles. The molecule has 0 aromatic heterocycles. The number of hydrogen-bond acceptors (Lipinski definition) is 2. The minimum absolute atomic E-state index is 0.0996. The molecule has 1 atom stereocenters. The summed E-state index contributed by atoms with van der Waals surface area (Å²) >= 11 is 0. The number of aliphatic hydroxyl groups excluding tert-OH is 1. The van der Waals surface area contributed by atoms with Crippen LogP contribution in [0.1, 0.15) is 6.92 Å². The summed E-state index contributed by atoms with van der Waals surface area (Å²) in [5.41, 5.74) is 0. The van der Waals surface area contributed by atoms with E-state index in [1.54, 1.807) is 6.92 Å². The molecular weight excluding hydrogens is 120 g/mol. The molecule has 0 saturated heterocycles. The molecule has 3 heteroatoms. The average molecular weight is 130 g/mol. The molecule has 0 bridgehead atoms. The first kappa shape index (κ1) is 8.17. The van der Waals surface area contributed by atoms with E-state index < -0.39 is 11.9 Å². The monoisotopic (exact) mass is 130 g/mol. The van der Waals surface area contributed by atoms with Gasteiger partial charge < -0.3 is 10.2 Å². The first-order valence-corrected chi connectivity index (χ1v) is 2.68. The lowest BCUT2D eigenvalue weighted by molar-refractivity contribution is -0.139. The minimum Gasteiger partial charge on any atom is -0.481 e. The molecule has 0 aliphatic rings. The predicted octanol–water partition coefficient (Wildman–Crippen LogP) is 0.256. The summed E-state index contributed by atoms with van der Waals surface area (Å²) in [6.45, 7) is 1.45. The highest BCUT2D eigenvalue weighted by atomic mass is 16.4. The van der Waals surface area contributed by atoms with Gasteiger partial charge in [0.2, 0.25) is 0 Å². The van der Waals surface area contributed by atoms with E-state index in [0.717, 1.165) is 0 Å². The summed E-state index contributed by atoms with van der Waals surface area (Å²) in [6, 6.07) is 0. The van der Waals surface area contributed by atoms with Crippen molar-refractivity contribution in [1.29, 1.82) is 0 Å². The zero-order chi connectivity index (χ0) is 7.28. The molecule has 0 aromatic rings. The number of aliphatic carboxylic acids is 1. The SMILES string of the molecule is CC(/C=C/CO)C(=O)O. The fourth-order valence-electron chi connectivity index (χ4n) is 0.347. The maximum atomic E-state index is 10.1. The van der Waals surface area contributed by atoms with Gasteiger partial charge in [0.15, 0.2) is 0 Å². The van der Waals surface area contributed by atoms with Crippen molar-refractivity contribution in [2.45, 2.75) is 6.92 Å². The van der Waals surface area contributed by atoms with Crippen LogP contribution < -0.4 is 0 Å². The van der Waals surface area contributed by atoms with Crippen molar-refractivity contribution in [2.24, 2.45) is 5.92 Å². The van der Waals surface area contributed by atoms with Crippen LogP contribution in [0, 0.1) is 5.92 Å². The lowest BCUT2D eigenvalue weighted by atomic mass is 10.2. The van der Waals surface area contributed by atoms with Crippen LogP contribution in [-0.2, 0) is 4.79 Å². The largest absolute Gasteiger partial charge is 0.481 e. The second-order valence-corrected chi connectivity index (χ2v) is 1.74. The van der Waals surface area contributed by atoms with E-state index in [2.05, 4.69) is 0 Å². The molecule has 0 fully saturated rings. The van der Waals surface area contributed by atoms with E-state index in [4.69, 9.17) is 10.2 Å². The van der Waals surface area contributed by atoms with Crippen molar-refractivity contribution >= 4 is 5.97 Å². The lowest BCUT2D eigenvalue weighted by Crippen LogP contribution is -2.05. The Kier molecular flexibility index (Phi) is 3.71. The van der Waals surface area contributed by atoms with Crippen LogP contribution in [-0.4, -0.2) is 22.8 Å². The number of hydrogen-bond donors (Lipinski definition) is 2. The first-order valence-electron chi connectivity index (χ1n) is 2.68. The van der Waals surface area contributed by atoms with Crippen molar-refractivity contribution in [1.82, 2.24) is 0 Å². The third-order valence-electron chi connectivity index (χ3n) is 0.920. The zero-order valence-corrected chi connectivity index (χ0v) is 5.24. The molecule has 0 amide bonds. The molecule has 0 spiro atoms. The molecule has 0 aromatic carbocycles. The molecule has 9 heavy (non-hydrogen) atoms.